The van der Waals surface area contributed by atoms with Crippen LogP contribution in [-0.4, -0.2) is 11.9 Å². The number of benzene rings is 2. The molecule has 1 heterocycles. The highest BCUT2D eigenvalue weighted by Crippen LogP contribution is 2.39. The van der Waals surface area contributed by atoms with Crippen LogP contribution in [0.15, 0.2) is 52.4 Å². The average Bonchev–Trinajstić information content (AvgIpc) is 2.56. The molecule has 1 aliphatic heterocycles. The average molecular weight is 422 g/mol. The number of guanidine groups is 2. The van der Waals surface area contributed by atoms with Crippen molar-refractivity contribution in [1.82, 2.24) is 0 Å². The molecular formula is C16H13Cl2F4N5. The summed E-state index contributed by atoms with van der Waals surface area (Å²) < 4.78 is 53.7. The zero-order valence-corrected chi connectivity index (χ0v) is 15.0. The smallest absolute Gasteiger partial charge is 0.369 e. The molecule has 3 rings (SSSR count). The van der Waals surface area contributed by atoms with Gasteiger partial charge >= 0.3 is 6.18 Å². The van der Waals surface area contributed by atoms with Gasteiger partial charge in [0.05, 0.1) is 10.6 Å². The Hall–Kier alpha value is -2.52. The number of alkyl halides is 3. The third-order valence-corrected chi connectivity index (χ3v) is 3.99. The lowest BCUT2D eigenvalue weighted by atomic mass is 10.0. The highest BCUT2D eigenvalue weighted by molar-refractivity contribution is 6.31. The first kappa shape index (κ1) is 20.8. The molecule has 0 amide bonds. The lowest BCUT2D eigenvalue weighted by molar-refractivity contribution is -0.138. The van der Waals surface area contributed by atoms with Crippen LogP contribution < -0.4 is 16.4 Å². The second-order valence-electron chi connectivity index (χ2n) is 5.38. The van der Waals surface area contributed by atoms with E-state index in [9.17, 15) is 17.6 Å². The number of hydrogen-bond acceptors (Lipinski definition) is 5. The summed E-state index contributed by atoms with van der Waals surface area (Å²) in [4.78, 5) is 8.99. The molecule has 0 aliphatic carbocycles. The molecular weight excluding hydrogens is 409 g/mol. The monoisotopic (exact) mass is 421 g/mol. The molecule has 0 bridgehead atoms. The molecule has 4 N–H and O–H groups in total. The van der Waals surface area contributed by atoms with Crippen LogP contribution in [0.2, 0.25) is 5.02 Å². The molecule has 0 radical (unpaired) electrons. The van der Waals surface area contributed by atoms with Gasteiger partial charge in [-0.3, -0.25) is 4.90 Å². The molecule has 2 aromatic carbocycles. The van der Waals surface area contributed by atoms with Gasteiger partial charge in [-0.05, 0) is 24.3 Å². The molecule has 27 heavy (non-hydrogen) atoms. The number of halogens is 6. The van der Waals surface area contributed by atoms with E-state index in [1.54, 1.807) is 0 Å². The summed E-state index contributed by atoms with van der Waals surface area (Å²) in [5.74, 6) is -1.14. The Kier molecular flexibility index (Phi) is 5.86. The Morgan fingerprint density at radius 2 is 1.74 bits per heavy atom. The Labute approximate surface area is 162 Å². The number of nitrogens with two attached hydrogens (primary N) is 2. The zero-order chi connectivity index (χ0) is 19.1. The second-order valence-corrected chi connectivity index (χ2v) is 5.79. The largest absolute Gasteiger partial charge is 0.416 e. The van der Waals surface area contributed by atoms with Crippen molar-refractivity contribution in [3.8, 4) is 0 Å². The zero-order valence-electron chi connectivity index (χ0n) is 13.4. The predicted octanol–water partition coefficient (Wildman–Crippen LogP) is 4.07. The van der Waals surface area contributed by atoms with Crippen LogP contribution >= 0.6 is 24.0 Å². The summed E-state index contributed by atoms with van der Waals surface area (Å²) >= 11 is 5.78. The van der Waals surface area contributed by atoms with Crippen LogP contribution in [-0.2, 0) is 6.18 Å². The summed E-state index contributed by atoms with van der Waals surface area (Å²) in [5, 5.41) is -0.222. The fourth-order valence-electron chi connectivity index (χ4n) is 2.61. The van der Waals surface area contributed by atoms with Gasteiger partial charge < -0.3 is 11.5 Å². The van der Waals surface area contributed by atoms with Crippen molar-refractivity contribution < 1.29 is 17.6 Å². The van der Waals surface area contributed by atoms with Gasteiger partial charge in [-0.15, -0.1) is 12.4 Å². The molecule has 0 fully saturated rings. The van der Waals surface area contributed by atoms with Crippen LogP contribution in [0.5, 0.6) is 0 Å². The number of anilines is 1. The molecule has 1 aliphatic rings. The molecule has 1 atom stereocenters. The van der Waals surface area contributed by atoms with Crippen molar-refractivity contribution in [3.05, 3.63) is 64.4 Å². The van der Waals surface area contributed by atoms with Crippen molar-refractivity contribution in [2.45, 2.75) is 12.3 Å². The number of rotatable bonds is 2. The number of nitrogens with zero attached hydrogens (tertiary/aromatic N) is 3. The Morgan fingerprint density at radius 3 is 2.37 bits per heavy atom. The Morgan fingerprint density at radius 1 is 1.07 bits per heavy atom. The summed E-state index contributed by atoms with van der Waals surface area (Å²) in [7, 11) is 0. The van der Waals surface area contributed by atoms with E-state index in [2.05, 4.69) is 9.98 Å². The molecule has 11 heteroatoms. The topological polar surface area (TPSA) is 80.0 Å². The number of hydrogen-bond donors (Lipinski definition) is 2. The molecule has 2 aromatic rings. The summed E-state index contributed by atoms with van der Waals surface area (Å²) in [6.07, 6.45) is -5.86. The van der Waals surface area contributed by atoms with E-state index in [0.717, 1.165) is 12.1 Å². The van der Waals surface area contributed by atoms with Gasteiger partial charge in [0, 0.05) is 11.3 Å². The van der Waals surface area contributed by atoms with E-state index in [-0.39, 0.29) is 40.6 Å². The maximum atomic E-state index is 13.5. The normalized spacial score (nSPS) is 17.1. The maximum absolute atomic E-state index is 13.5. The molecule has 0 saturated carbocycles. The van der Waals surface area contributed by atoms with Crippen LogP contribution in [0.25, 0.3) is 0 Å². The van der Waals surface area contributed by atoms with Crippen molar-refractivity contribution in [2.75, 3.05) is 4.90 Å². The molecule has 0 saturated heterocycles. The van der Waals surface area contributed by atoms with E-state index in [1.165, 1.54) is 35.2 Å². The van der Waals surface area contributed by atoms with Crippen LogP contribution in [0.3, 0.4) is 0 Å². The summed E-state index contributed by atoms with van der Waals surface area (Å²) in [6.45, 7) is 0. The van der Waals surface area contributed by atoms with E-state index in [4.69, 9.17) is 23.1 Å². The third kappa shape index (κ3) is 4.09. The minimum absolute atomic E-state index is 0. The lowest BCUT2D eigenvalue weighted by Gasteiger charge is -2.34. The van der Waals surface area contributed by atoms with Gasteiger partial charge in [0.15, 0.2) is 6.17 Å². The van der Waals surface area contributed by atoms with E-state index >= 15 is 0 Å². The Bertz CT molecular complexity index is 914. The predicted molar refractivity (Wildman–Crippen MR) is 98.6 cm³/mol. The molecule has 5 nitrogen and oxygen atoms in total. The summed E-state index contributed by atoms with van der Waals surface area (Å²) in [5.41, 5.74) is 10.6. The second kappa shape index (κ2) is 7.61. The van der Waals surface area contributed by atoms with Gasteiger partial charge in [0.1, 0.15) is 5.82 Å². The van der Waals surface area contributed by atoms with E-state index in [0.29, 0.717) is 0 Å². The molecule has 0 spiro atoms. The maximum Gasteiger partial charge on any atom is 0.416 e. The molecule has 0 aromatic heterocycles. The van der Waals surface area contributed by atoms with Crippen LogP contribution in [0.1, 0.15) is 17.3 Å². The fourth-order valence-corrected chi connectivity index (χ4v) is 2.78. The van der Waals surface area contributed by atoms with E-state index < -0.39 is 23.7 Å². The van der Waals surface area contributed by atoms with Crippen LogP contribution in [0.4, 0.5) is 23.2 Å². The summed E-state index contributed by atoms with van der Waals surface area (Å²) in [6, 6.07) is 8.50. The van der Waals surface area contributed by atoms with Gasteiger partial charge in [-0.1, -0.05) is 29.8 Å². The Balaban J connectivity index is 0.00000261. The van der Waals surface area contributed by atoms with Gasteiger partial charge in [0.25, 0.3) is 0 Å². The first-order valence-corrected chi connectivity index (χ1v) is 7.64. The first-order valence-electron chi connectivity index (χ1n) is 7.26. The number of aliphatic imine (C=N–C) groups is 2. The highest BCUT2D eigenvalue weighted by Gasteiger charge is 2.38. The minimum atomic E-state index is -4.61. The third-order valence-electron chi connectivity index (χ3n) is 3.70. The minimum Gasteiger partial charge on any atom is -0.369 e. The fraction of sp³-hybridized carbons (Fsp3) is 0.125. The van der Waals surface area contributed by atoms with Gasteiger partial charge in [-0.2, -0.15) is 18.2 Å². The highest BCUT2D eigenvalue weighted by atomic mass is 35.5. The first-order chi connectivity index (χ1) is 12.2. The van der Waals surface area contributed by atoms with Crippen molar-refractivity contribution >= 4 is 41.6 Å². The van der Waals surface area contributed by atoms with Gasteiger partial charge in [-0.25, -0.2) is 9.38 Å². The van der Waals surface area contributed by atoms with Crippen molar-refractivity contribution in [3.63, 3.8) is 0 Å². The molecule has 144 valence electrons. The van der Waals surface area contributed by atoms with Crippen molar-refractivity contribution in [1.29, 1.82) is 0 Å². The van der Waals surface area contributed by atoms with Crippen molar-refractivity contribution in [2.24, 2.45) is 21.5 Å². The SMILES string of the molecule is Cl.NC1=NC(c2ccccc2C(F)(F)F)N(c2ccc(F)c(Cl)c2)C(N)=N1. The van der Waals surface area contributed by atoms with Gasteiger partial charge in [0.2, 0.25) is 11.9 Å². The van der Waals surface area contributed by atoms with Crippen LogP contribution in [0, 0.1) is 5.82 Å². The van der Waals surface area contributed by atoms with E-state index in [1.807, 2.05) is 0 Å². The lowest BCUT2D eigenvalue weighted by Crippen LogP contribution is -2.44. The quantitative estimate of drug-likeness (QED) is 0.717. The standard InChI is InChI=1S/C16H12ClF4N5.ClH/c17-11-7-8(5-6-12(11)18)26-13(24-14(22)25-15(26)23)9-3-1-2-4-10(9)16(19,20)21;/h1-7,13H,(H4,22,23,24,25);1H. The molecule has 1 unspecified atom stereocenters.